The van der Waals surface area contributed by atoms with Gasteiger partial charge in [-0.05, 0) is 29.3 Å². The summed E-state index contributed by atoms with van der Waals surface area (Å²) in [5.41, 5.74) is 5.89. The second kappa shape index (κ2) is 5.42. The van der Waals surface area contributed by atoms with Gasteiger partial charge in [0, 0.05) is 0 Å². The van der Waals surface area contributed by atoms with Crippen molar-refractivity contribution in [1.82, 2.24) is 0 Å². The van der Waals surface area contributed by atoms with Gasteiger partial charge < -0.3 is 5.73 Å². The van der Waals surface area contributed by atoms with Crippen LogP contribution >= 0.6 is 11.6 Å². The summed E-state index contributed by atoms with van der Waals surface area (Å²) in [7, 11) is 0. The van der Waals surface area contributed by atoms with Crippen LogP contribution in [-0.2, 0) is 6.18 Å². The standard InChI is InChI=1S/C14H10ClF4N/c15-12-10(2-1-3-11(12)16)13(20)8-4-6-9(7-5-8)14(17,18)19/h1-7,13H,20H2. The topological polar surface area (TPSA) is 26.0 Å². The van der Waals surface area contributed by atoms with Crippen LogP contribution in [0, 0.1) is 5.82 Å². The summed E-state index contributed by atoms with van der Waals surface area (Å²) in [6.45, 7) is 0. The minimum atomic E-state index is -4.40. The number of benzene rings is 2. The van der Waals surface area contributed by atoms with Gasteiger partial charge >= 0.3 is 6.18 Å². The highest BCUT2D eigenvalue weighted by Crippen LogP contribution is 2.32. The smallest absolute Gasteiger partial charge is 0.320 e. The van der Waals surface area contributed by atoms with E-state index in [2.05, 4.69) is 0 Å². The summed E-state index contributed by atoms with van der Waals surface area (Å²) in [6, 6.07) is 7.76. The molecule has 0 heterocycles. The van der Waals surface area contributed by atoms with Crippen molar-refractivity contribution in [3.05, 3.63) is 70.0 Å². The first-order valence-electron chi connectivity index (χ1n) is 5.67. The Hall–Kier alpha value is -1.59. The van der Waals surface area contributed by atoms with Crippen molar-refractivity contribution in [2.24, 2.45) is 5.73 Å². The molecule has 106 valence electrons. The largest absolute Gasteiger partial charge is 0.416 e. The maximum absolute atomic E-state index is 13.3. The monoisotopic (exact) mass is 303 g/mol. The Kier molecular flexibility index (Phi) is 4.01. The molecule has 1 nitrogen and oxygen atoms in total. The molecule has 2 aromatic rings. The first-order chi connectivity index (χ1) is 9.30. The molecule has 6 heteroatoms. The van der Waals surface area contributed by atoms with Gasteiger partial charge in [-0.1, -0.05) is 35.9 Å². The second-order valence-electron chi connectivity index (χ2n) is 4.24. The SMILES string of the molecule is NC(c1ccc(C(F)(F)F)cc1)c1cccc(F)c1Cl. The van der Waals surface area contributed by atoms with Crippen molar-refractivity contribution < 1.29 is 17.6 Å². The zero-order chi connectivity index (χ0) is 14.9. The van der Waals surface area contributed by atoms with E-state index in [1.165, 1.54) is 30.3 Å². The fraction of sp³-hybridized carbons (Fsp3) is 0.143. The van der Waals surface area contributed by atoms with E-state index in [4.69, 9.17) is 17.3 Å². The predicted octanol–water partition coefficient (Wildman–Crippen LogP) is 4.55. The molecule has 0 amide bonds. The average molecular weight is 304 g/mol. The van der Waals surface area contributed by atoms with E-state index < -0.39 is 23.6 Å². The fourth-order valence-electron chi connectivity index (χ4n) is 1.82. The van der Waals surface area contributed by atoms with Crippen molar-refractivity contribution >= 4 is 11.6 Å². The molecule has 0 bridgehead atoms. The van der Waals surface area contributed by atoms with Gasteiger partial charge in [-0.15, -0.1) is 0 Å². The van der Waals surface area contributed by atoms with Crippen LogP contribution in [0.25, 0.3) is 0 Å². The minimum Gasteiger partial charge on any atom is -0.320 e. The summed E-state index contributed by atoms with van der Waals surface area (Å²) < 4.78 is 50.7. The molecule has 2 rings (SSSR count). The number of halogens is 5. The third kappa shape index (κ3) is 2.94. The highest BCUT2D eigenvalue weighted by atomic mass is 35.5. The molecule has 0 saturated carbocycles. The van der Waals surface area contributed by atoms with Crippen molar-refractivity contribution in [2.75, 3.05) is 0 Å². The second-order valence-corrected chi connectivity index (χ2v) is 4.62. The summed E-state index contributed by atoms with van der Waals surface area (Å²) in [5.74, 6) is -0.619. The van der Waals surface area contributed by atoms with Gasteiger partial charge in [0.1, 0.15) is 5.82 Å². The normalized spacial score (nSPS) is 13.3. The molecule has 0 aliphatic heterocycles. The Morgan fingerprint density at radius 3 is 2.15 bits per heavy atom. The summed E-state index contributed by atoms with van der Waals surface area (Å²) >= 11 is 5.81. The lowest BCUT2D eigenvalue weighted by molar-refractivity contribution is -0.137. The molecule has 1 unspecified atom stereocenters. The van der Waals surface area contributed by atoms with Crippen LogP contribution in [-0.4, -0.2) is 0 Å². The summed E-state index contributed by atoms with van der Waals surface area (Å²) in [5, 5.41) is -0.125. The maximum Gasteiger partial charge on any atom is 0.416 e. The zero-order valence-electron chi connectivity index (χ0n) is 10.1. The fourth-order valence-corrected chi connectivity index (χ4v) is 2.06. The summed E-state index contributed by atoms with van der Waals surface area (Å²) in [4.78, 5) is 0. The molecule has 2 aromatic carbocycles. The molecular weight excluding hydrogens is 294 g/mol. The highest BCUT2D eigenvalue weighted by molar-refractivity contribution is 6.31. The van der Waals surface area contributed by atoms with Gasteiger partial charge in [-0.3, -0.25) is 0 Å². The highest BCUT2D eigenvalue weighted by Gasteiger charge is 2.30. The Morgan fingerprint density at radius 2 is 1.60 bits per heavy atom. The lowest BCUT2D eigenvalue weighted by Gasteiger charge is -2.15. The molecule has 0 saturated heterocycles. The lowest BCUT2D eigenvalue weighted by atomic mass is 9.98. The van der Waals surface area contributed by atoms with E-state index in [9.17, 15) is 17.6 Å². The van der Waals surface area contributed by atoms with E-state index in [0.29, 0.717) is 11.1 Å². The molecule has 0 aromatic heterocycles. The number of alkyl halides is 3. The van der Waals surface area contributed by atoms with E-state index in [0.717, 1.165) is 12.1 Å². The van der Waals surface area contributed by atoms with Crippen LogP contribution in [0.4, 0.5) is 17.6 Å². The van der Waals surface area contributed by atoms with Crippen LogP contribution in [0.1, 0.15) is 22.7 Å². The van der Waals surface area contributed by atoms with Gasteiger partial charge in [-0.2, -0.15) is 13.2 Å². The quantitative estimate of drug-likeness (QED) is 0.810. The van der Waals surface area contributed by atoms with Gasteiger partial charge in [-0.25, -0.2) is 4.39 Å². The average Bonchev–Trinajstić information content (AvgIpc) is 2.40. The van der Waals surface area contributed by atoms with Crippen LogP contribution in [0.2, 0.25) is 5.02 Å². The molecule has 0 fully saturated rings. The van der Waals surface area contributed by atoms with Gasteiger partial charge in [0.15, 0.2) is 0 Å². The van der Waals surface area contributed by atoms with E-state index >= 15 is 0 Å². The van der Waals surface area contributed by atoms with Crippen molar-refractivity contribution in [3.63, 3.8) is 0 Å². The predicted molar refractivity (Wildman–Crippen MR) is 68.9 cm³/mol. The first-order valence-corrected chi connectivity index (χ1v) is 6.05. The van der Waals surface area contributed by atoms with Crippen LogP contribution in [0.15, 0.2) is 42.5 Å². The molecule has 20 heavy (non-hydrogen) atoms. The van der Waals surface area contributed by atoms with Crippen molar-refractivity contribution in [2.45, 2.75) is 12.2 Å². The van der Waals surface area contributed by atoms with E-state index in [-0.39, 0.29) is 5.02 Å². The molecule has 0 aliphatic carbocycles. The number of rotatable bonds is 2. The van der Waals surface area contributed by atoms with Gasteiger partial charge in [0.2, 0.25) is 0 Å². The number of hydrogen-bond acceptors (Lipinski definition) is 1. The van der Waals surface area contributed by atoms with Crippen LogP contribution < -0.4 is 5.73 Å². The Labute approximate surface area is 118 Å². The Morgan fingerprint density at radius 1 is 1.00 bits per heavy atom. The number of hydrogen-bond donors (Lipinski definition) is 1. The minimum absolute atomic E-state index is 0.125. The molecule has 0 spiro atoms. The van der Waals surface area contributed by atoms with Gasteiger partial charge in [0.05, 0.1) is 16.6 Å². The summed E-state index contributed by atoms with van der Waals surface area (Å²) in [6.07, 6.45) is -4.40. The van der Waals surface area contributed by atoms with Crippen LogP contribution in [0.5, 0.6) is 0 Å². The van der Waals surface area contributed by atoms with Gasteiger partial charge in [0.25, 0.3) is 0 Å². The van der Waals surface area contributed by atoms with E-state index in [1.807, 2.05) is 0 Å². The molecule has 2 N–H and O–H groups in total. The van der Waals surface area contributed by atoms with Crippen molar-refractivity contribution in [1.29, 1.82) is 0 Å². The van der Waals surface area contributed by atoms with E-state index in [1.54, 1.807) is 0 Å². The molecular formula is C14H10ClF4N. The van der Waals surface area contributed by atoms with Crippen LogP contribution in [0.3, 0.4) is 0 Å². The molecule has 0 aliphatic rings. The Bertz CT molecular complexity index is 608. The molecule has 1 atom stereocenters. The van der Waals surface area contributed by atoms with Crippen molar-refractivity contribution in [3.8, 4) is 0 Å². The lowest BCUT2D eigenvalue weighted by Crippen LogP contribution is -2.13. The number of nitrogens with two attached hydrogens (primary N) is 1. The zero-order valence-corrected chi connectivity index (χ0v) is 10.8. The Balaban J connectivity index is 2.34. The maximum atomic E-state index is 13.3. The first kappa shape index (κ1) is 14.8. The third-order valence-corrected chi connectivity index (χ3v) is 3.31. The molecule has 0 radical (unpaired) electrons. The third-order valence-electron chi connectivity index (χ3n) is 2.91.